The van der Waals surface area contributed by atoms with Crippen molar-refractivity contribution in [3.63, 3.8) is 0 Å². The molecule has 1 heterocycles. The maximum atomic E-state index is 12.6. The zero-order valence-corrected chi connectivity index (χ0v) is 15.5. The molecule has 1 atom stereocenters. The minimum Gasteiger partial charge on any atom is -0.348 e. The Balaban J connectivity index is 1.68. The van der Waals surface area contributed by atoms with Crippen LogP contribution in [0.4, 0.5) is 5.69 Å². The monoisotopic (exact) mass is 361 g/mol. The lowest BCUT2D eigenvalue weighted by Crippen LogP contribution is -2.23. The molecule has 1 aromatic heterocycles. The number of benzene rings is 2. The number of nitrogens with zero attached hydrogens (tertiary/aromatic N) is 1. The number of rotatable bonds is 6. The van der Waals surface area contributed by atoms with Crippen molar-refractivity contribution in [2.75, 3.05) is 5.32 Å². The molecule has 0 radical (unpaired) electrons. The van der Waals surface area contributed by atoms with Gasteiger partial charge in [0.25, 0.3) is 5.91 Å². The highest BCUT2D eigenvalue weighted by atomic mass is 16.2. The number of amides is 2. The van der Waals surface area contributed by atoms with Crippen molar-refractivity contribution in [3.05, 3.63) is 71.9 Å². The number of fused-ring (bicyclic) bond motifs is 1. The number of para-hydroxylation sites is 1. The standard InChI is InChI=1S/C22H23N3O2/c1-3-15(2)21(26)25-17-8-6-7-16(13-17)14-24-22(27)19-11-12-23-20-10-5-4-9-18(19)20/h4-13,15H,3,14H2,1-2H3,(H,24,27)(H,25,26). The van der Waals surface area contributed by atoms with Gasteiger partial charge in [-0.15, -0.1) is 0 Å². The third-order valence-corrected chi connectivity index (χ3v) is 4.60. The molecule has 0 bridgehead atoms. The second-order valence-electron chi connectivity index (χ2n) is 6.56. The van der Waals surface area contributed by atoms with Crippen LogP contribution in [0.5, 0.6) is 0 Å². The van der Waals surface area contributed by atoms with E-state index in [0.717, 1.165) is 28.6 Å². The average molecular weight is 361 g/mol. The molecule has 27 heavy (non-hydrogen) atoms. The Morgan fingerprint density at radius 3 is 2.70 bits per heavy atom. The predicted octanol–water partition coefficient (Wildman–Crippen LogP) is 4.15. The molecule has 0 spiro atoms. The van der Waals surface area contributed by atoms with Gasteiger partial charge in [0.05, 0.1) is 11.1 Å². The average Bonchev–Trinajstić information content (AvgIpc) is 2.71. The Bertz CT molecular complexity index is 963. The molecule has 5 heteroatoms. The van der Waals surface area contributed by atoms with Crippen molar-refractivity contribution >= 4 is 28.4 Å². The second kappa shape index (κ2) is 8.45. The number of nitrogens with one attached hydrogen (secondary N) is 2. The van der Waals surface area contributed by atoms with Crippen molar-refractivity contribution in [3.8, 4) is 0 Å². The van der Waals surface area contributed by atoms with Gasteiger partial charge in [-0.1, -0.05) is 44.2 Å². The van der Waals surface area contributed by atoms with Gasteiger partial charge < -0.3 is 10.6 Å². The zero-order chi connectivity index (χ0) is 19.2. The summed E-state index contributed by atoms with van der Waals surface area (Å²) in [5.41, 5.74) is 3.05. The van der Waals surface area contributed by atoms with Crippen molar-refractivity contribution in [2.24, 2.45) is 5.92 Å². The summed E-state index contributed by atoms with van der Waals surface area (Å²) < 4.78 is 0. The predicted molar refractivity (Wildman–Crippen MR) is 107 cm³/mol. The van der Waals surface area contributed by atoms with Crippen molar-refractivity contribution < 1.29 is 9.59 Å². The van der Waals surface area contributed by atoms with Crippen LogP contribution in [0.15, 0.2) is 60.8 Å². The first-order chi connectivity index (χ1) is 13.1. The SMILES string of the molecule is CCC(C)C(=O)Nc1cccc(CNC(=O)c2ccnc3ccccc23)c1. The zero-order valence-electron chi connectivity index (χ0n) is 15.5. The third kappa shape index (κ3) is 4.50. The van der Waals surface area contributed by atoms with Crippen LogP contribution in [-0.2, 0) is 11.3 Å². The fourth-order valence-corrected chi connectivity index (χ4v) is 2.78. The van der Waals surface area contributed by atoms with Crippen LogP contribution in [0.2, 0.25) is 0 Å². The molecular weight excluding hydrogens is 338 g/mol. The van der Waals surface area contributed by atoms with Gasteiger partial charge >= 0.3 is 0 Å². The molecule has 0 aliphatic heterocycles. The second-order valence-corrected chi connectivity index (χ2v) is 6.56. The van der Waals surface area contributed by atoms with Gasteiger partial charge in [-0.25, -0.2) is 0 Å². The summed E-state index contributed by atoms with van der Waals surface area (Å²) in [6, 6.07) is 16.8. The molecule has 3 rings (SSSR count). The highest BCUT2D eigenvalue weighted by molar-refractivity contribution is 6.05. The van der Waals surface area contributed by atoms with Crippen LogP contribution in [0.1, 0.15) is 36.2 Å². The van der Waals surface area contributed by atoms with Gasteiger partial charge in [0.2, 0.25) is 5.91 Å². The Kier molecular flexibility index (Phi) is 5.81. The summed E-state index contributed by atoms with van der Waals surface area (Å²) in [4.78, 5) is 28.9. The van der Waals surface area contributed by atoms with E-state index in [9.17, 15) is 9.59 Å². The van der Waals surface area contributed by atoms with E-state index in [0.29, 0.717) is 12.1 Å². The van der Waals surface area contributed by atoms with Gasteiger partial charge in [0.15, 0.2) is 0 Å². The Morgan fingerprint density at radius 2 is 1.89 bits per heavy atom. The number of hydrogen-bond donors (Lipinski definition) is 2. The van der Waals surface area contributed by atoms with Crippen molar-refractivity contribution in [1.29, 1.82) is 0 Å². The Hall–Kier alpha value is -3.21. The highest BCUT2D eigenvalue weighted by Crippen LogP contribution is 2.17. The van der Waals surface area contributed by atoms with Crippen LogP contribution < -0.4 is 10.6 Å². The third-order valence-electron chi connectivity index (χ3n) is 4.60. The fraction of sp³-hybridized carbons (Fsp3) is 0.227. The Labute approximate surface area is 158 Å². The maximum Gasteiger partial charge on any atom is 0.252 e. The van der Waals surface area contributed by atoms with Crippen molar-refractivity contribution in [2.45, 2.75) is 26.8 Å². The molecule has 0 fully saturated rings. The van der Waals surface area contributed by atoms with Gasteiger partial charge in [0, 0.05) is 29.7 Å². The summed E-state index contributed by atoms with van der Waals surface area (Å²) >= 11 is 0. The van der Waals surface area contributed by atoms with Crippen LogP contribution in [0.25, 0.3) is 10.9 Å². The minimum atomic E-state index is -0.150. The van der Waals surface area contributed by atoms with Crippen LogP contribution in [0, 0.1) is 5.92 Å². The number of carbonyl (C=O) groups excluding carboxylic acids is 2. The molecular formula is C22H23N3O2. The van der Waals surface area contributed by atoms with E-state index in [-0.39, 0.29) is 17.7 Å². The maximum absolute atomic E-state index is 12.6. The smallest absolute Gasteiger partial charge is 0.252 e. The lowest BCUT2D eigenvalue weighted by molar-refractivity contribution is -0.119. The molecule has 1 unspecified atom stereocenters. The molecule has 0 aliphatic carbocycles. The van der Waals surface area contributed by atoms with Crippen LogP contribution >= 0.6 is 0 Å². The first-order valence-corrected chi connectivity index (χ1v) is 9.10. The summed E-state index contributed by atoms with van der Waals surface area (Å²) in [6.45, 7) is 4.26. The van der Waals surface area contributed by atoms with E-state index in [1.165, 1.54) is 0 Å². The molecule has 2 N–H and O–H groups in total. The van der Waals surface area contributed by atoms with Gasteiger partial charge in [-0.2, -0.15) is 0 Å². The molecule has 0 saturated heterocycles. The number of pyridine rings is 1. The minimum absolute atomic E-state index is 0.00180. The van der Waals surface area contributed by atoms with Crippen LogP contribution in [-0.4, -0.2) is 16.8 Å². The number of hydrogen-bond acceptors (Lipinski definition) is 3. The largest absolute Gasteiger partial charge is 0.348 e. The van der Waals surface area contributed by atoms with E-state index in [4.69, 9.17) is 0 Å². The number of carbonyl (C=O) groups is 2. The molecule has 2 aromatic carbocycles. The quantitative estimate of drug-likeness (QED) is 0.693. The van der Waals surface area contributed by atoms with Crippen LogP contribution in [0.3, 0.4) is 0 Å². The Morgan fingerprint density at radius 1 is 1.07 bits per heavy atom. The molecule has 0 saturated carbocycles. The van der Waals surface area contributed by atoms with Gasteiger partial charge in [0.1, 0.15) is 0 Å². The van der Waals surface area contributed by atoms with E-state index < -0.39 is 0 Å². The molecule has 0 aliphatic rings. The highest BCUT2D eigenvalue weighted by Gasteiger charge is 2.12. The number of anilines is 1. The van der Waals surface area contributed by atoms with E-state index in [1.807, 2.05) is 62.4 Å². The molecule has 5 nitrogen and oxygen atoms in total. The summed E-state index contributed by atoms with van der Waals surface area (Å²) in [6.07, 6.45) is 2.43. The van der Waals surface area contributed by atoms with E-state index >= 15 is 0 Å². The van der Waals surface area contributed by atoms with E-state index in [2.05, 4.69) is 15.6 Å². The molecule has 2 amide bonds. The first kappa shape index (κ1) is 18.6. The van der Waals surface area contributed by atoms with Gasteiger partial charge in [-0.05, 0) is 36.2 Å². The normalized spacial score (nSPS) is 11.8. The first-order valence-electron chi connectivity index (χ1n) is 9.10. The molecule has 138 valence electrons. The lowest BCUT2D eigenvalue weighted by Gasteiger charge is -2.12. The van der Waals surface area contributed by atoms with Gasteiger partial charge in [-0.3, -0.25) is 14.6 Å². The fourth-order valence-electron chi connectivity index (χ4n) is 2.78. The summed E-state index contributed by atoms with van der Waals surface area (Å²) in [7, 11) is 0. The summed E-state index contributed by atoms with van der Waals surface area (Å²) in [5.74, 6) is -0.182. The topological polar surface area (TPSA) is 71.1 Å². The summed E-state index contributed by atoms with van der Waals surface area (Å²) in [5, 5.41) is 6.69. The van der Waals surface area contributed by atoms with E-state index in [1.54, 1.807) is 12.3 Å². The number of aromatic nitrogens is 1. The molecule has 3 aromatic rings. The lowest BCUT2D eigenvalue weighted by atomic mass is 10.1. The van der Waals surface area contributed by atoms with Crippen molar-refractivity contribution in [1.82, 2.24) is 10.3 Å².